The van der Waals surface area contributed by atoms with Crippen LogP contribution in [0.25, 0.3) is 21.8 Å². The Hall–Kier alpha value is -3.17. The number of carboxylic acid groups (broad SMARTS) is 1. The molecule has 188 valence electrons. The number of aromatic nitrogens is 1. The fourth-order valence-electron chi connectivity index (χ4n) is 3.10. The molecule has 0 spiro atoms. The van der Waals surface area contributed by atoms with Gasteiger partial charge in [0.15, 0.2) is 12.4 Å². The van der Waals surface area contributed by atoms with Crippen LogP contribution < -0.4 is 5.32 Å². The lowest BCUT2D eigenvalue weighted by Crippen LogP contribution is -2.44. The van der Waals surface area contributed by atoms with Crippen molar-refractivity contribution in [3.05, 3.63) is 46.4 Å². The number of hydrogen-bond donors (Lipinski definition) is 2. The summed E-state index contributed by atoms with van der Waals surface area (Å²) in [5.41, 5.74) is 0.884. The Morgan fingerprint density at radius 1 is 1.03 bits per heavy atom. The van der Waals surface area contributed by atoms with Gasteiger partial charge < -0.3 is 15.2 Å². The van der Waals surface area contributed by atoms with E-state index >= 15 is 0 Å². The summed E-state index contributed by atoms with van der Waals surface area (Å²) in [6.07, 6.45) is 0.931. The number of carboxylic acids is 1. The van der Waals surface area contributed by atoms with Crippen LogP contribution >= 0.6 is 23.2 Å². The molecular weight excluding hydrogens is 502 g/mol. The monoisotopic (exact) mass is 526 g/mol. The molecule has 0 saturated heterocycles. The lowest BCUT2D eigenvalue weighted by molar-refractivity contribution is -0.140. The van der Waals surface area contributed by atoms with E-state index in [0.717, 1.165) is 0 Å². The third-order valence-corrected chi connectivity index (χ3v) is 5.68. The number of unbranched alkanes of at least 4 members (excludes halogenated alkanes) is 1. The molecule has 35 heavy (non-hydrogen) atoms. The van der Waals surface area contributed by atoms with Gasteiger partial charge in [-0.05, 0) is 18.2 Å². The number of alkyl halides is 1. The molecule has 0 aliphatic carbocycles. The zero-order valence-corrected chi connectivity index (χ0v) is 20.7. The van der Waals surface area contributed by atoms with Crippen LogP contribution in [0.1, 0.15) is 33.1 Å². The molecule has 0 fully saturated rings. The number of nitrogens with zero attached hydrogens (tertiary/aromatic N) is 1. The highest BCUT2D eigenvalue weighted by atomic mass is 35.5. The van der Waals surface area contributed by atoms with Crippen LogP contribution in [0.15, 0.2) is 36.4 Å². The van der Waals surface area contributed by atoms with E-state index in [1.807, 2.05) is 0 Å². The number of rotatable bonds is 8. The number of ketones is 1. The van der Waals surface area contributed by atoms with Crippen molar-refractivity contribution in [2.45, 2.75) is 39.2 Å². The lowest BCUT2D eigenvalue weighted by Gasteiger charge is -2.14. The zero-order valence-electron chi connectivity index (χ0n) is 19.1. The minimum atomic E-state index is -1.57. The maximum Gasteiger partial charge on any atom is 0.419 e. The van der Waals surface area contributed by atoms with Gasteiger partial charge in [-0.1, -0.05) is 68.1 Å². The molecule has 11 heteroatoms. The first-order valence-electron chi connectivity index (χ1n) is 10.8. The second-order valence-electron chi connectivity index (χ2n) is 7.51. The van der Waals surface area contributed by atoms with Crippen LogP contribution in [0.3, 0.4) is 0 Å². The van der Waals surface area contributed by atoms with Crippen molar-refractivity contribution in [1.29, 1.82) is 0 Å². The Kier molecular flexibility index (Phi) is 10.5. The molecule has 2 aromatic carbocycles. The van der Waals surface area contributed by atoms with Crippen molar-refractivity contribution in [2.24, 2.45) is 0 Å². The Morgan fingerprint density at radius 3 is 2.26 bits per heavy atom. The molecule has 3 aromatic rings. The normalized spacial score (nSPS) is 11.5. The minimum absolute atomic E-state index is 0.213. The van der Waals surface area contributed by atoms with Crippen LogP contribution in [0.5, 0.6) is 0 Å². The Bertz CT molecular complexity index is 1240. The van der Waals surface area contributed by atoms with Gasteiger partial charge in [-0.2, -0.15) is 0 Å². The fraction of sp³-hybridized carbons (Fsp3) is 0.333. The van der Waals surface area contributed by atoms with Gasteiger partial charge in [-0.25, -0.2) is 13.8 Å². The number of nitrogens with one attached hydrogen (secondary N) is 1. The molecular formula is C24H25Cl2FN2O6. The van der Waals surface area contributed by atoms with Crippen molar-refractivity contribution in [1.82, 2.24) is 9.88 Å². The third-order valence-electron chi connectivity index (χ3n) is 4.96. The summed E-state index contributed by atoms with van der Waals surface area (Å²) >= 11 is 12.2. The number of Topliss-reactive ketones (excluding diaryl/α,β-unsaturated/α-hetero) is 1. The lowest BCUT2D eigenvalue weighted by atomic mass is 10.1. The van der Waals surface area contributed by atoms with Crippen molar-refractivity contribution in [3.63, 3.8) is 0 Å². The van der Waals surface area contributed by atoms with Gasteiger partial charge in [-0.3, -0.25) is 14.4 Å². The number of hydrogen-bond acceptors (Lipinski definition) is 5. The number of carbonyl (C=O) groups excluding carboxylic acids is 3. The molecule has 0 aliphatic heterocycles. The first kappa shape index (κ1) is 28.1. The van der Waals surface area contributed by atoms with Gasteiger partial charge in [0, 0.05) is 10.8 Å². The van der Waals surface area contributed by atoms with E-state index in [1.54, 1.807) is 30.3 Å². The summed E-state index contributed by atoms with van der Waals surface area (Å²) in [6.45, 7) is 2.10. The van der Waals surface area contributed by atoms with Crippen LogP contribution in [-0.4, -0.2) is 52.7 Å². The largest absolute Gasteiger partial charge is 0.481 e. The summed E-state index contributed by atoms with van der Waals surface area (Å²) in [5, 5.41) is 12.7. The van der Waals surface area contributed by atoms with Crippen molar-refractivity contribution in [2.75, 3.05) is 13.3 Å². The van der Waals surface area contributed by atoms with Gasteiger partial charge in [0.1, 0.15) is 12.7 Å². The first-order chi connectivity index (χ1) is 16.6. The molecule has 1 atom stereocenters. The summed E-state index contributed by atoms with van der Waals surface area (Å²) in [6, 6.07) is 8.46. The van der Waals surface area contributed by atoms with E-state index in [2.05, 4.69) is 19.2 Å². The second-order valence-corrected chi connectivity index (χ2v) is 8.32. The second kappa shape index (κ2) is 13.1. The van der Waals surface area contributed by atoms with E-state index < -0.39 is 49.5 Å². The van der Waals surface area contributed by atoms with E-state index in [-0.39, 0.29) is 5.02 Å². The van der Waals surface area contributed by atoms with Crippen LogP contribution in [0.2, 0.25) is 10.0 Å². The van der Waals surface area contributed by atoms with Gasteiger partial charge >= 0.3 is 12.1 Å². The molecule has 1 unspecified atom stereocenters. The molecule has 0 bridgehead atoms. The molecule has 2 N–H and O–H groups in total. The maximum atomic E-state index is 12.8. The number of benzene rings is 2. The van der Waals surface area contributed by atoms with Crippen LogP contribution in [0, 0.1) is 0 Å². The fourth-order valence-corrected chi connectivity index (χ4v) is 3.42. The highest BCUT2D eigenvalue weighted by Gasteiger charge is 2.25. The average Bonchev–Trinajstić information content (AvgIpc) is 3.15. The maximum absolute atomic E-state index is 12.8. The topological polar surface area (TPSA) is 115 Å². The summed E-state index contributed by atoms with van der Waals surface area (Å²) in [7, 11) is 0. The highest BCUT2D eigenvalue weighted by Crippen LogP contribution is 2.34. The predicted octanol–water partition coefficient (Wildman–Crippen LogP) is 5.39. The van der Waals surface area contributed by atoms with Crippen molar-refractivity contribution < 1.29 is 33.4 Å². The summed E-state index contributed by atoms with van der Waals surface area (Å²) in [4.78, 5) is 47.1. The number of para-hydroxylation sites is 1. The summed E-state index contributed by atoms with van der Waals surface area (Å²) < 4.78 is 18.8. The number of halogens is 3. The third kappa shape index (κ3) is 7.16. The Morgan fingerprint density at radius 2 is 1.66 bits per heavy atom. The molecule has 0 aliphatic rings. The number of aliphatic carboxylic acids is 1. The summed E-state index contributed by atoms with van der Waals surface area (Å²) in [5.74, 6) is -3.45. The quantitative estimate of drug-likeness (QED) is 0.406. The molecule has 1 heterocycles. The minimum Gasteiger partial charge on any atom is -0.481 e. The van der Waals surface area contributed by atoms with E-state index in [4.69, 9.17) is 33.0 Å². The van der Waals surface area contributed by atoms with E-state index in [0.29, 0.717) is 26.8 Å². The molecule has 1 amide bonds. The Labute approximate surface area is 210 Å². The molecule has 1 aromatic heterocycles. The van der Waals surface area contributed by atoms with Crippen molar-refractivity contribution in [3.8, 4) is 0 Å². The number of amides is 1. The van der Waals surface area contributed by atoms with Crippen LogP contribution in [0.4, 0.5) is 9.18 Å². The standard InChI is InChI=1S/C20H15Cl2FN2O6.C4H10/c21-12-5-11-10-3-1-2-4-15(10)25(16(11)6-13(12)22)20(30)31-9-18(27)24-14(7-19(28)29)17(26)8-23;1-3-4-2/h1-6,14H,7-9H2,(H,24,27)(H,28,29);3-4H2,1-2H3. The number of carbonyl (C=O) groups is 4. The average molecular weight is 527 g/mol. The molecule has 3 rings (SSSR count). The van der Waals surface area contributed by atoms with E-state index in [1.165, 1.54) is 23.5 Å². The SMILES string of the molecule is CCCC.O=C(O)CC(NC(=O)COC(=O)n1c2ccccc2c2cc(Cl)c(Cl)cc21)C(=O)CF. The van der Waals surface area contributed by atoms with Gasteiger partial charge in [0.25, 0.3) is 5.91 Å². The van der Waals surface area contributed by atoms with Gasteiger partial charge in [0.05, 0.1) is 27.5 Å². The molecule has 0 radical (unpaired) electrons. The number of ether oxygens (including phenoxy) is 1. The Balaban J connectivity index is 0.00000100. The molecule has 0 saturated carbocycles. The van der Waals surface area contributed by atoms with Crippen molar-refractivity contribution >= 4 is 68.8 Å². The predicted molar refractivity (Wildman–Crippen MR) is 132 cm³/mol. The zero-order chi connectivity index (χ0) is 26.1. The first-order valence-corrected chi connectivity index (χ1v) is 11.5. The number of fused-ring (bicyclic) bond motifs is 3. The van der Waals surface area contributed by atoms with Gasteiger partial charge in [-0.15, -0.1) is 0 Å². The molecule has 8 nitrogen and oxygen atoms in total. The highest BCUT2D eigenvalue weighted by molar-refractivity contribution is 6.43. The smallest absolute Gasteiger partial charge is 0.419 e. The van der Waals surface area contributed by atoms with Gasteiger partial charge in [0.2, 0.25) is 0 Å². The van der Waals surface area contributed by atoms with Crippen LogP contribution in [-0.2, 0) is 19.1 Å². The van der Waals surface area contributed by atoms with E-state index in [9.17, 15) is 23.6 Å².